The maximum atomic E-state index is 10.5. The van der Waals surface area contributed by atoms with Gasteiger partial charge in [-0.05, 0) is 67.1 Å². The number of rotatable bonds is 6. The van der Waals surface area contributed by atoms with Crippen LogP contribution in [-0.2, 0) is 6.54 Å². The third-order valence-corrected chi connectivity index (χ3v) is 4.87. The third-order valence-electron chi connectivity index (χ3n) is 4.87. The van der Waals surface area contributed by atoms with Crippen LogP contribution >= 0.6 is 0 Å². The standard InChI is InChI=1S/C22H28N2O2/c1-14(2)19-7-6-15(3)8-22(19)26-12-18(25)11-24-13-23-20-9-16(4)17(5)10-21(20)24/h6-10,13-14,18,25H,11-12H2,1-5H3. The molecular weight excluding hydrogens is 324 g/mol. The Balaban J connectivity index is 1.71. The summed E-state index contributed by atoms with van der Waals surface area (Å²) in [5, 5.41) is 10.5. The van der Waals surface area contributed by atoms with E-state index in [0.717, 1.165) is 22.3 Å². The Morgan fingerprint density at radius 1 is 1.08 bits per heavy atom. The smallest absolute Gasteiger partial charge is 0.123 e. The lowest BCUT2D eigenvalue weighted by Crippen LogP contribution is -2.23. The fraction of sp³-hybridized carbons (Fsp3) is 0.409. The summed E-state index contributed by atoms with van der Waals surface area (Å²) in [5.41, 5.74) is 6.79. The van der Waals surface area contributed by atoms with Crippen LogP contribution in [0, 0.1) is 20.8 Å². The molecule has 3 aromatic rings. The molecule has 4 nitrogen and oxygen atoms in total. The highest BCUT2D eigenvalue weighted by molar-refractivity contribution is 5.77. The predicted octanol–water partition coefficient (Wildman–Crippen LogP) is 4.52. The van der Waals surface area contributed by atoms with Gasteiger partial charge in [-0.2, -0.15) is 0 Å². The van der Waals surface area contributed by atoms with Crippen molar-refractivity contribution in [3.05, 3.63) is 58.9 Å². The van der Waals surface area contributed by atoms with Gasteiger partial charge in [0.1, 0.15) is 18.5 Å². The van der Waals surface area contributed by atoms with Crippen molar-refractivity contribution in [1.82, 2.24) is 9.55 Å². The molecule has 26 heavy (non-hydrogen) atoms. The number of aliphatic hydroxyl groups is 1. The van der Waals surface area contributed by atoms with Crippen molar-refractivity contribution in [2.24, 2.45) is 0 Å². The number of benzene rings is 2. The van der Waals surface area contributed by atoms with Gasteiger partial charge >= 0.3 is 0 Å². The lowest BCUT2D eigenvalue weighted by Gasteiger charge is -2.18. The highest BCUT2D eigenvalue weighted by atomic mass is 16.5. The largest absolute Gasteiger partial charge is 0.491 e. The fourth-order valence-electron chi connectivity index (χ4n) is 3.17. The third kappa shape index (κ3) is 3.91. The molecule has 3 rings (SSSR count). The topological polar surface area (TPSA) is 47.3 Å². The van der Waals surface area contributed by atoms with Gasteiger partial charge in [0, 0.05) is 0 Å². The molecule has 0 amide bonds. The molecular formula is C22H28N2O2. The highest BCUT2D eigenvalue weighted by Crippen LogP contribution is 2.27. The summed E-state index contributed by atoms with van der Waals surface area (Å²) in [4.78, 5) is 4.45. The van der Waals surface area contributed by atoms with Gasteiger partial charge in [0.05, 0.1) is 23.9 Å². The van der Waals surface area contributed by atoms with Gasteiger partial charge in [0.2, 0.25) is 0 Å². The molecule has 1 atom stereocenters. The van der Waals surface area contributed by atoms with Gasteiger partial charge in [0.25, 0.3) is 0 Å². The molecule has 0 aliphatic rings. The zero-order valence-corrected chi connectivity index (χ0v) is 16.3. The van der Waals surface area contributed by atoms with Gasteiger partial charge in [-0.25, -0.2) is 4.98 Å². The highest BCUT2D eigenvalue weighted by Gasteiger charge is 2.13. The normalized spacial score (nSPS) is 12.7. The Bertz CT molecular complexity index is 912. The number of aromatic nitrogens is 2. The second kappa shape index (κ2) is 7.50. The molecule has 138 valence electrons. The first kappa shape index (κ1) is 18.5. The summed E-state index contributed by atoms with van der Waals surface area (Å²) in [5.74, 6) is 1.24. The Hall–Kier alpha value is -2.33. The van der Waals surface area contributed by atoms with Crippen molar-refractivity contribution >= 4 is 11.0 Å². The van der Waals surface area contributed by atoms with Gasteiger partial charge in [-0.3, -0.25) is 0 Å². The predicted molar refractivity (Wildman–Crippen MR) is 106 cm³/mol. The summed E-state index contributed by atoms with van der Waals surface area (Å²) in [6.45, 7) is 11.2. The van der Waals surface area contributed by atoms with E-state index in [2.05, 4.69) is 63.9 Å². The molecule has 1 N–H and O–H groups in total. The number of hydrogen-bond donors (Lipinski definition) is 1. The van der Waals surface area contributed by atoms with Crippen LogP contribution in [0.5, 0.6) is 5.75 Å². The van der Waals surface area contributed by atoms with Crippen molar-refractivity contribution < 1.29 is 9.84 Å². The Morgan fingerprint density at radius 3 is 2.54 bits per heavy atom. The zero-order chi connectivity index (χ0) is 18.8. The van der Waals surface area contributed by atoms with Crippen molar-refractivity contribution in [3.63, 3.8) is 0 Å². The van der Waals surface area contributed by atoms with E-state index in [1.807, 2.05) is 10.6 Å². The SMILES string of the molecule is Cc1ccc(C(C)C)c(OCC(O)Cn2cnc3cc(C)c(C)cc32)c1. The Kier molecular flexibility index (Phi) is 5.33. The lowest BCUT2D eigenvalue weighted by molar-refractivity contribution is 0.0928. The minimum absolute atomic E-state index is 0.258. The van der Waals surface area contributed by atoms with Crippen LogP contribution in [0.4, 0.5) is 0 Å². The van der Waals surface area contributed by atoms with Crippen molar-refractivity contribution in [2.45, 2.75) is 53.2 Å². The van der Waals surface area contributed by atoms with E-state index in [4.69, 9.17) is 4.74 Å². The van der Waals surface area contributed by atoms with Crippen LogP contribution in [-0.4, -0.2) is 27.4 Å². The first-order valence-electron chi connectivity index (χ1n) is 9.18. The summed E-state index contributed by atoms with van der Waals surface area (Å²) in [6.07, 6.45) is 1.19. The monoisotopic (exact) mass is 352 g/mol. The van der Waals surface area contributed by atoms with Gasteiger partial charge < -0.3 is 14.4 Å². The van der Waals surface area contributed by atoms with E-state index in [-0.39, 0.29) is 6.61 Å². The average molecular weight is 352 g/mol. The average Bonchev–Trinajstić information content (AvgIpc) is 2.95. The number of fused-ring (bicyclic) bond motifs is 1. The summed E-state index contributed by atoms with van der Waals surface area (Å²) < 4.78 is 7.96. The van der Waals surface area contributed by atoms with Crippen LogP contribution in [0.3, 0.4) is 0 Å². The summed E-state index contributed by atoms with van der Waals surface area (Å²) in [7, 11) is 0. The maximum Gasteiger partial charge on any atom is 0.123 e. The molecule has 4 heteroatoms. The maximum absolute atomic E-state index is 10.5. The number of hydrogen-bond acceptors (Lipinski definition) is 3. The first-order valence-corrected chi connectivity index (χ1v) is 9.18. The van der Waals surface area contributed by atoms with E-state index in [9.17, 15) is 5.11 Å². The van der Waals surface area contributed by atoms with Crippen molar-refractivity contribution in [3.8, 4) is 5.75 Å². The number of aryl methyl sites for hydroxylation is 3. The van der Waals surface area contributed by atoms with Crippen LogP contribution in [0.15, 0.2) is 36.7 Å². The first-order chi connectivity index (χ1) is 12.3. The van der Waals surface area contributed by atoms with E-state index < -0.39 is 6.10 Å². The molecule has 0 fully saturated rings. The van der Waals surface area contributed by atoms with E-state index in [0.29, 0.717) is 12.5 Å². The molecule has 0 spiro atoms. The zero-order valence-electron chi connectivity index (χ0n) is 16.3. The fourth-order valence-corrected chi connectivity index (χ4v) is 3.17. The minimum atomic E-state index is -0.602. The number of ether oxygens (including phenoxy) is 1. The number of nitrogens with zero attached hydrogens (tertiary/aromatic N) is 2. The van der Waals surface area contributed by atoms with Crippen LogP contribution in [0.1, 0.15) is 42.0 Å². The molecule has 0 radical (unpaired) electrons. The Morgan fingerprint density at radius 2 is 1.81 bits per heavy atom. The van der Waals surface area contributed by atoms with Crippen molar-refractivity contribution in [1.29, 1.82) is 0 Å². The van der Waals surface area contributed by atoms with Crippen LogP contribution < -0.4 is 4.74 Å². The second-order valence-corrected chi connectivity index (χ2v) is 7.48. The molecule has 0 saturated heterocycles. The molecule has 1 unspecified atom stereocenters. The molecule has 0 aliphatic carbocycles. The lowest BCUT2D eigenvalue weighted by atomic mass is 10.0. The van der Waals surface area contributed by atoms with E-state index in [1.54, 1.807) is 6.33 Å². The molecule has 0 aliphatic heterocycles. The van der Waals surface area contributed by atoms with E-state index in [1.165, 1.54) is 16.7 Å². The molecule has 1 heterocycles. The van der Waals surface area contributed by atoms with Gasteiger partial charge in [0.15, 0.2) is 0 Å². The number of aliphatic hydroxyl groups excluding tert-OH is 1. The summed E-state index contributed by atoms with van der Waals surface area (Å²) in [6, 6.07) is 10.5. The van der Waals surface area contributed by atoms with Crippen molar-refractivity contribution in [2.75, 3.05) is 6.61 Å². The number of imidazole rings is 1. The van der Waals surface area contributed by atoms with Crippen LogP contribution in [0.25, 0.3) is 11.0 Å². The molecule has 2 aromatic carbocycles. The molecule has 0 bridgehead atoms. The van der Waals surface area contributed by atoms with Gasteiger partial charge in [-0.15, -0.1) is 0 Å². The summed E-state index contributed by atoms with van der Waals surface area (Å²) >= 11 is 0. The molecule has 1 aromatic heterocycles. The minimum Gasteiger partial charge on any atom is -0.491 e. The van der Waals surface area contributed by atoms with Crippen LogP contribution in [0.2, 0.25) is 0 Å². The van der Waals surface area contributed by atoms with E-state index >= 15 is 0 Å². The van der Waals surface area contributed by atoms with Gasteiger partial charge in [-0.1, -0.05) is 26.0 Å². The quantitative estimate of drug-likeness (QED) is 0.709. The Labute approximate surface area is 155 Å². The second-order valence-electron chi connectivity index (χ2n) is 7.48. The molecule has 0 saturated carbocycles.